The summed E-state index contributed by atoms with van der Waals surface area (Å²) in [6.07, 6.45) is 1.24. The molecule has 0 aliphatic carbocycles. The number of hydrogen-bond acceptors (Lipinski definition) is 7. The van der Waals surface area contributed by atoms with Crippen LogP contribution in [0, 0.1) is 0 Å². The molecule has 1 saturated heterocycles. The van der Waals surface area contributed by atoms with Gasteiger partial charge >= 0.3 is 6.09 Å². The Labute approximate surface area is 150 Å². The molecule has 0 radical (unpaired) electrons. The fourth-order valence-electron chi connectivity index (χ4n) is 3.10. The lowest BCUT2D eigenvalue weighted by atomic mass is 10.2. The Hall–Kier alpha value is -3.23. The number of anilines is 1. The monoisotopic (exact) mass is 353 g/mol. The van der Waals surface area contributed by atoms with Crippen LogP contribution in [0.5, 0.6) is 0 Å². The molecule has 0 atom stereocenters. The van der Waals surface area contributed by atoms with Gasteiger partial charge in [-0.2, -0.15) is 0 Å². The molecule has 0 spiro atoms. The summed E-state index contributed by atoms with van der Waals surface area (Å²) in [5.41, 5.74) is 2.51. The van der Waals surface area contributed by atoms with Gasteiger partial charge in [-0.25, -0.2) is 19.4 Å². The summed E-state index contributed by atoms with van der Waals surface area (Å²) in [4.78, 5) is 24.2. The fourth-order valence-corrected chi connectivity index (χ4v) is 3.10. The van der Waals surface area contributed by atoms with Crippen LogP contribution in [-0.4, -0.2) is 69.2 Å². The van der Waals surface area contributed by atoms with Gasteiger partial charge in [-0.15, -0.1) is 5.10 Å². The van der Waals surface area contributed by atoms with Crippen LogP contribution in [0.25, 0.3) is 11.2 Å². The maximum absolute atomic E-state index is 11.6. The molecule has 1 fully saturated rings. The summed E-state index contributed by atoms with van der Waals surface area (Å²) in [5, 5.41) is 8.56. The van der Waals surface area contributed by atoms with Crippen LogP contribution in [-0.2, 0) is 11.3 Å². The Bertz CT molecular complexity index is 904. The largest absolute Gasteiger partial charge is 0.453 e. The third-order valence-electron chi connectivity index (χ3n) is 4.47. The smallest absolute Gasteiger partial charge is 0.409 e. The second kappa shape index (κ2) is 6.95. The first-order valence-corrected chi connectivity index (χ1v) is 8.42. The van der Waals surface area contributed by atoms with Crippen LogP contribution in [0.15, 0.2) is 36.7 Å². The average Bonchev–Trinajstić information content (AvgIpc) is 3.11. The quantitative estimate of drug-likeness (QED) is 0.698. The van der Waals surface area contributed by atoms with Crippen molar-refractivity contribution >= 4 is 23.1 Å². The minimum absolute atomic E-state index is 0.300. The van der Waals surface area contributed by atoms with Gasteiger partial charge in [0.05, 0.1) is 13.7 Å². The molecule has 134 valence electrons. The topological polar surface area (TPSA) is 89.3 Å². The molecular weight excluding hydrogens is 334 g/mol. The number of aromatic nitrogens is 5. The number of fused-ring (bicyclic) bond motifs is 1. The predicted octanol–water partition coefficient (Wildman–Crippen LogP) is 1.16. The van der Waals surface area contributed by atoms with Crippen LogP contribution >= 0.6 is 0 Å². The van der Waals surface area contributed by atoms with Crippen molar-refractivity contribution in [1.82, 2.24) is 29.9 Å². The van der Waals surface area contributed by atoms with Gasteiger partial charge in [0, 0.05) is 26.2 Å². The Morgan fingerprint density at radius 3 is 2.62 bits per heavy atom. The van der Waals surface area contributed by atoms with E-state index in [2.05, 4.69) is 25.2 Å². The van der Waals surface area contributed by atoms with Gasteiger partial charge in [-0.05, 0) is 5.56 Å². The molecule has 9 nitrogen and oxygen atoms in total. The number of carbonyl (C=O) groups is 1. The van der Waals surface area contributed by atoms with Crippen LogP contribution in [0.4, 0.5) is 10.6 Å². The van der Waals surface area contributed by atoms with Gasteiger partial charge in [0.25, 0.3) is 0 Å². The van der Waals surface area contributed by atoms with Crippen molar-refractivity contribution in [3.8, 4) is 0 Å². The van der Waals surface area contributed by atoms with Gasteiger partial charge < -0.3 is 14.5 Å². The van der Waals surface area contributed by atoms with E-state index >= 15 is 0 Å². The number of benzene rings is 1. The van der Waals surface area contributed by atoms with Crippen molar-refractivity contribution in [3.63, 3.8) is 0 Å². The van der Waals surface area contributed by atoms with E-state index in [1.165, 1.54) is 13.4 Å². The first kappa shape index (κ1) is 16.2. The van der Waals surface area contributed by atoms with Crippen molar-refractivity contribution < 1.29 is 9.53 Å². The molecule has 0 N–H and O–H groups in total. The summed E-state index contributed by atoms with van der Waals surface area (Å²) in [5.74, 6) is 0.749. The number of nitrogens with zero attached hydrogens (tertiary/aromatic N) is 7. The molecule has 0 bridgehead atoms. The van der Waals surface area contributed by atoms with Crippen molar-refractivity contribution in [2.75, 3.05) is 38.2 Å². The number of amides is 1. The van der Waals surface area contributed by atoms with Gasteiger partial charge in [-0.3, -0.25) is 0 Å². The number of methoxy groups -OCH3 is 1. The third-order valence-corrected chi connectivity index (χ3v) is 4.47. The second-order valence-electron chi connectivity index (χ2n) is 6.05. The first-order chi connectivity index (χ1) is 12.8. The molecule has 4 rings (SSSR count). The van der Waals surface area contributed by atoms with Crippen molar-refractivity contribution in [3.05, 3.63) is 42.2 Å². The van der Waals surface area contributed by atoms with E-state index in [-0.39, 0.29) is 6.09 Å². The van der Waals surface area contributed by atoms with Gasteiger partial charge in [-0.1, -0.05) is 35.5 Å². The summed E-state index contributed by atoms with van der Waals surface area (Å²) < 4.78 is 6.56. The minimum Gasteiger partial charge on any atom is -0.453 e. The van der Waals surface area contributed by atoms with Crippen molar-refractivity contribution in [2.45, 2.75) is 6.54 Å². The molecule has 1 aliphatic heterocycles. The highest BCUT2D eigenvalue weighted by Gasteiger charge is 2.25. The molecule has 1 aromatic carbocycles. The van der Waals surface area contributed by atoms with E-state index in [1.807, 2.05) is 30.3 Å². The van der Waals surface area contributed by atoms with E-state index in [0.29, 0.717) is 43.9 Å². The second-order valence-corrected chi connectivity index (χ2v) is 6.05. The molecule has 9 heteroatoms. The molecule has 0 saturated carbocycles. The predicted molar refractivity (Wildman–Crippen MR) is 94.9 cm³/mol. The summed E-state index contributed by atoms with van der Waals surface area (Å²) in [6.45, 7) is 3.08. The Morgan fingerprint density at radius 2 is 1.88 bits per heavy atom. The van der Waals surface area contributed by atoms with E-state index in [0.717, 1.165) is 11.4 Å². The van der Waals surface area contributed by atoms with E-state index < -0.39 is 0 Å². The molecule has 26 heavy (non-hydrogen) atoms. The highest BCUT2D eigenvalue weighted by molar-refractivity contribution is 5.82. The lowest BCUT2D eigenvalue weighted by Crippen LogP contribution is -2.49. The number of piperazine rings is 1. The molecule has 1 aliphatic rings. The standard InChI is InChI=1S/C17H19N7O2/c1-26-17(25)23-9-7-22(8-10-23)15-14-16(19-12-18-15)24(21-20-14)11-13-5-3-2-4-6-13/h2-6,12H,7-11H2,1H3. The average molecular weight is 353 g/mol. The highest BCUT2D eigenvalue weighted by Crippen LogP contribution is 2.22. The number of hydrogen-bond donors (Lipinski definition) is 0. The van der Waals surface area contributed by atoms with Gasteiger partial charge in [0.2, 0.25) is 0 Å². The van der Waals surface area contributed by atoms with Gasteiger partial charge in [0.15, 0.2) is 17.0 Å². The first-order valence-electron chi connectivity index (χ1n) is 8.42. The zero-order chi connectivity index (χ0) is 17.9. The summed E-state index contributed by atoms with van der Waals surface area (Å²) in [7, 11) is 1.40. The van der Waals surface area contributed by atoms with E-state index in [4.69, 9.17) is 4.74 Å². The maximum Gasteiger partial charge on any atom is 0.409 e. The molecular formula is C17H19N7O2. The fraction of sp³-hybridized carbons (Fsp3) is 0.353. The number of ether oxygens (including phenoxy) is 1. The maximum atomic E-state index is 11.6. The zero-order valence-electron chi connectivity index (χ0n) is 14.4. The summed E-state index contributed by atoms with van der Waals surface area (Å²) >= 11 is 0. The summed E-state index contributed by atoms with van der Waals surface area (Å²) in [6, 6.07) is 10.1. The van der Waals surface area contributed by atoms with Crippen molar-refractivity contribution in [1.29, 1.82) is 0 Å². The van der Waals surface area contributed by atoms with Gasteiger partial charge in [0.1, 0.15) is 6.33 Å². The molecule has 2 aromatic heterocycles. The molecule has 3 heterocycles. The van der Waals surface area contributed by atoms with Crippen LogP contribution in [0.2, 0.25) is 0 Å². The minimum atomic E-state index is -0.300. The Balaban J connectivity index is 1.57. The Morgan fingerprint density at radius 1 is 1.12 bits per heavy atom. The number of rotatable bonds is 3. The SMILES string of the molecule is COC(=O)N1CCN(c2ncnc3c2nnn3Cc2ccccc2)CC1. The van der Waals surface area contributed by atoms with Crippen LogP contribution < -0.4 is 4.90 Å². The Kier molecular flexibility index (Phi) is 4.34. The van der Waals surface area contributed by atoms with E-state index in [1.54, 1.807) is 9.58 Å². The molecule has 1 amide bonds. The normalized spacial score (nSPS) is 14.7. The van der Waals surface area contributed by atoms with E-state index in [9.17, 15) is 4.79 Å². The van der Waals surface area contributed by atoms with Crippen LogP contribution in [0.1, 0.15) is 5.56 Å². The number of carbonyl (C=O) groups excluding carboxylic acids is 1. The highest BCUT2D eigenvalue weighted by atomic mass is 16.5. The third kappa shape index (κ3) is 3.03. The van der Waals surface area contributed by atoms with Crippen molar-refractivity contribution in [2.24, 2.45) is 0 Å². The molecule has 0 unspecified atom stereocenters. The molecule has 3 aromatic rings. The van der Waals surface area contributed by atoms with Crippen LogP contribution in [0.3, 0.4) is 0 Å². The lowest BCUT2D eigenvalue weighted by Gasteiger charge is -2.34. The lowest BCUT2D eigenvalue weighted by molar-refractivity contribution is 0.121. The zero-order valence-corrected chi connectivity index (χ0v) is 14.4.